The first-order valence-corrected chi connectivity index (χ1v) is 9.32. The van der Waals surface area contributed by atoms with Crippen LogP contribution >= 0.6 is 0 Å². The van der Waals surface area contributed by atoms with Crippen molar-refractivity contribution in [2.75, 3.05) is 11.1 Å². The number of benzene rings is 1. The second-order valence-electron chi connectivity index (χ2n) is 7.17. The van der Waals surface area contributed by atoms with Crippen molar-refractivity contribution in [3.63, 3.8) is 0 Å². The number of hydrogen-bond acceptors (Lipinski definition) is 7. The van der Waals surface area contributed by atoms with Crippen LogP contribution in [0.1, 0.15) is 18.9 Å². The number of anilines is 3. The maximum absolute atomic E-state index is 13.8. The van der Waals surface area contributed by atoms with Gasteiger partial charge in [0.15, 0.2) is 0 Å². The highest BCUT2D eigenvalue weighted by molar-refractivity contribution is 6.00. The van der Waals surface area contributed by atoms with Gasteiger partial charge in [-0.1, -0.05) is 12.1 Å². The number of aromatic nitrogens is 5. The number of pyridine rings is 1. The summed E-state index contributed by atoms with van der Waals surface area (Å²) in [6.07, 6.45) is 6.71. The van der Waals surface area contributed by atoms with E-state index in [-0.39, 0.29) is 17.9 Å². The minimum Gasteiger partial charge on any atom is -0.383 e. The monoisotopic (exact) mass is 390 g/mol. The standard InChI is InChI=1S/C20H19FN8/c21-14-3-1-2-4-15(14)27-20-25-9-11(10-26-20)18-17-16(5-6-24-19(17)23)29(28-18)13-7-12(22)8-13/h1-6,9-10,12-13H,7-8,22H2,(H2,23,24)(H,25,26,27). The van der Waals surface area contributed by atoms with Gasteiger partial charge in [0.05, 0.1) is 22.6 Å². The van der Waals surface area contributed by atoms with E-state index in [0.717, 1.165) is 23.7 Å². The summed E-state index contributed by atoms with van der Waals surface area (Å²) in [5.74, 6) is 0.321. The van der Waals surface area contributed by atoms with Gasteiger partial charge in [-0.3, -0.25) is 4.68 Å². The fourth-order valence-electron chi connectivity index (χ4n) is 3.62. The Morgan fingerprint density at radius 2 is 1.83 bits per heavy atom. The van der Waals surface area contributed by atoms with Gasteiger partial charge in [0, 0.05) is 30.2 Å². The molecule has 1 fully saturated rings. The van der Waals surface area contributed by atoms with Crippen LogP contribution in [0.4, 0.5) is 21.8 Å². The Labute approximate surface area is 165 Å². The molecule has 1 saturated carbocycles. The molecule has 3 aromatic heterocycles. The predicted octanol–water partition coefficient (Wildman–Crippen LogP) is 3.02. The van der Waals surface area contributed by atoms with Gasteiger partial charge in [-0.2, -0.15) is 5.10 Å². The molecule has 0 amide bonds. The van der Waals surface area contributed by atoms with E-state index < -0.39 is 0 Å². The molecule has 8 nitrogen and oxygen atoms in total. The fraction of sp³-hybridized carbons (Fsp3) is 0.200. The van der Waals surface area contributed by atoms with Gasteiger partial charge in [0.2, 0.25) is 5.95 Å². The molecule has 1 aromatic carbocycles. The Balaban J connectivity index is 1.51. The molecule has 5 rings (SSSR count). The fourth-order valence-corrected chi connectivity index (χ4v) is 3.62. The average Bonchev–Trinajstić information content (AvgIpc) is 3.08. The molecule has 5 N–H and O–H groups in total. The third kappa shape index (κ3) is 3.05. The van der Waals surface area contributed by atoms with Crippen molar-refractivity contribution < 1.29 is 4.39 Å². The van der Waals surface area contributed by atoms with Crippen LogP contribution in [0.5, 0.6) is 0 Å². The van der Waals surface area contributed by atoms with Gasteiger partial charge >= 0.3 is 0 Å². The largest absolute Gasteiger partial charge is 0.383 e. The molecule has 3 heterocycles. The Morgan fingerprint density at radius 1 is 1.07 bits per heavy atom. The summed E-state index contributed by atoms with van der Waals surface area (Å²) in [7, 11) is 0. The van der Waals surface area contributed by atoms with Crippen LogP contribution in [0.3, 0.4) is 0 Å². The van der Waals surface area contributed by atoms with E-state index in [1.165, 1.54) is 6.07 Å². The number of rotatable bonds is 4. The van der Waals surface area contributed by atoms with Crippen molar-refractivity contribution in [3.8, 4) is 11.3 Å². The SMILES string of the molecule is Nc1nccc2c1c(-c1cnc(Nc3ccccc3F)nc1)nn2C1CC(N)C1. The van der Waals surface area contributed by atoms with Crippen molar-refractivity contribution in [1.29, 1.82) is 0 Å². The zero-order valence-electron chi connectivity index (χ0n) is 15.5. The summed E-state index contributed by atoms with van der Waals surface area (Å²) in [5.41, 5.74) is 14.7. The Morgan fingerprint density at radius 3 is 2.55 bits per heavy atom. The van der Waals surface area contributed by atoms with Crippen LogP contribution < -0.4 is 16.8 Å². The zero-order valence-corrected chi connectivity index (χ0v) is 15.5. The lowest BCUT2D eigenvalue weighted by atomic mass is 9.88. The highest BCUT2D eigenvalue weighted by atomic mass is 19.1. The lowest BCUT2D eigenvalue weighted by Gasteiger charge is -2.32. The van der Waals surface area contributed by atoms with Crippen LogP contribution in [0.2, 0.25) is 0 Å². The van der Waals surface area contributed by atoms with Crippen LogP contribution in [0.25, 0.3) is 22.2 Å². The summed E-state index contributed by atoms with van der Waals surface area (Å²) in [4.78, 5) is 12.8. The lowest BCUT2D eigenvalue weighted by molar-refractivity contribution is 0.254. The summed E-state index contributed by atoms with van der Waals surface area (Å²) in [6.45, 7) is 0. The molecule has 146 valence electrons. The topological polar surface area (TPSA) is 121 Å². The predicted molar refractivity (Wildman–Crippen MR) is 109 cm³/mol. The van der Waals surface area contributed by atoms with Gasteiger partial charge in [0.1, 0.15) is 17.3 Å². The van der Waals surface area contributed by atoms with E-state index in [1.54, 1.807) is 36.8 Å². The number of nitrogens with zero attached hydrogens (tertiary/aromatic N) is 5. The smallest absolute Gasteiger partial charge is 0.227 e. The van der Waals surface area contributed by atoms with Crippen LogP contribution in [-0.2, 0) is 0 Å². The molecule has 0 atom stereocenters. The van der Waals surface area contributed by atoms with Crippen molar-refractivity contribution >= 4 is 28.4 Å². The van der Waals surface area contributed by atoms with Gasteiger partial charge < -0.3 is 16.8 Å². The molecule has 0 aliphatic heterocycles. The normalized spacial score (nSPS) is 18.6. The number of nitrogens with one attached hydrogen (secondary N) is 1. The molecule has 1 aliphatic carbocycles. The highest BCUT2D eigenvalue weighted by Gasteiger charge is 2.30. The maximum atomic E-state index is 13.8. The molecule has 0 unspecified atom stereocenters. The molecule has 0 radical (unpaired) electrons. The second-order valence-corrected chi connectivity index (χ2v) is 7.17. The molecule has 9 heteroatoms. The van der Waals surface area contributed by atoms with E-state index in [2.05, 4.69) is 20.3 Å². The third-order valence-electron chi connectivity index (χ3n) is 5.19. The van der Waals surface area contributed by atoms with Gasteiger partial charge in [-0.15, -0.1) is 0 Å². The Kier molecular flexibility index (Phi) is 4.09. The number of hydrogen-bond donors (Lipinski definition) is 3. The van der Waals surface area contributed by atoms with Crippen molar-refractivity contribution in [3.05, 3.63) is 54.7 Å². The lowest BCUT2D eigenvalue weighted by Crippen LogP contribution is -2.38. The second kappa shape index (κ2) is 6.78. The van der Waals surface area contributed by atoms with E-state index in [1.807, 2.05) is 10.7 Å². The first kappa shape index (κ1) is 17.5. The van der Waals surface area contributed by atoms with E-state index in [4.69, 9.17) is 16.6 Å². The first-order chi connectivity index (χ1) is 14.1. The van der Waals surface area contributed by atoms with Gasteiger partial charge in [-0.05, 0) is 31.0 Å². The van der Waals surface area contributed by atoms with Crippen molar-refractivity contribution in [2.45, 2.75) is 24.9 Å². The third-order valence-corrected chi connectivity index (χ3v) is 5.19. The number of nitrogen functional groups attached to an aromatic ring is 1. The summed E-state index contributed by atoms with van der Waals surface area (Å²) in [6, 6.07) is 8.70. The number of para-hydroxylation sites is 1. The molecule has 4 aromatic rings. The van der Waals surface area contributed by atoms with Crippen LogP contribution in [0.15, 0.2) is 48.9 Å². The Bertz CT molecular complexity index is 1180. The van der Waals surface area contributed by atoms with Crippen LogP contribution in [-0.4, -0.2) is 30.8 Å². The first-order valence-electron chi connectivity index (χ1n) is 9.32. The Hall–Kier alpha value is -3.59. The van der Waals surface area contributed by atoms with E-state index in [9.17, 15) is 4.39 Å². The molecular weight excluding hydrogens is 371 g/mol. The quantitative estimate of drug-likeness (QED) is 0.490. The minimum absolute atomic E-state index is 0.203. The van der Waals surface area contributed by atoms with Gasteiger partial charge in [0.25, 0.3) is 0 Å². The number of nitrogens with two attached hydrogens (primary N) is 2. The van der Waals surface area contributed by atoms with Gasteiger partial charge in [-0.25, -0.2) is 19.3 Å². The number of halogens is 1. The zero-order chi connectivity index (χ0) is 20.0. The maximum Gasteiger partial charge on any atom is 0.227 e. The van der Waals surface area contributed by atoms with Crippen molar-refractivity contribution in [2.24, 2.45) is 5.73 Å². The van der Waals surface area contributed by atoms with E-state index in [0.29, 0.717) is 28.7 Å². The summed E-state index contributed by atoms with van der Waals surface area (Å²) in [5, 5.41) is 8.43. The van der Waals surface area contributed by atoms with Crippen molar-refractivity contribution in [1.82, 2.24) is 24.7 Å². The van der Waals surface area contributed by atoms with Crippen LogP contribution in [0, 0.1) is 5.82 Å². The molecule has 0 bridgehead atoms. The highest BCUT2D eigenvalue weighted by Crippen LogP contribution is 2.37. The molecular formula is C20H19FN8. The molecule has 29 heavy (non-hydrogen) atoms. The minimum atomic E-state index is -0.373. The summed E-state index contributed by atoms with van der Waals surface area (Å²) < 4.78 is 15.8. The van der Waals surface area contributed by atoms with E-state index >= 15 is 0 Å². The summed E-state index contributed by atoms with van der Waals surface area (Å²) >= 11 is 0. The average molecular weight is 390 g/mol. The molecule has 0 saturated heterocycles. The number of fused-ring (bicyclic) bond motifs is 1. The molecule has 1 aliphatic rings. The molecule has 0 spiro atoms.